The second kappa shape index (κ2) is 10.4. The Hall–Kier alpha value is -3.87. The molecule has 0 saturated heterocycles. The fourth-order valence-electron chi connectivity index (χ4n) is 4.00. The molecule has 0 aliphatic carbocycles. The predicted molar refractivity (Wildman–Crippen MR) is 126 cm³/mol. The first-order valence-electron chi connectivity index (χ1n) is 11.2. The van der Waals surface area contributed by atoms with Gasteiger partial charge in [0.15, 0.2) is 30.0 Å². The van der Waals surface area contributed by atoms with Crippen molar-refractivity contribution in [1.82, 2.24) is 4.57 Å². The molecule has 1 aliphatic heterocycles. The maximum atomic E-state index is 12.7. The maximum Gasteiger partial charge on any atom is 0.306 e. The number of Topliss-reactive ketones (excluding diaryl/α,β-unsaturated/α-hetero) is 2. The highest BCUT2D eigenvalue weighted by Crippen LogP contribution is 2.31. The second-order valence-electron chi connectivity index (χ2n) is 8.27. The largest absolute Gasteiger partial charge is 0.486 e. The number of aromatic nitrogens is 1. The number of fused-ring (bicyclic) bond motifs is 1. The lowest BCUT2D eigenvalue weighted by Crippen LogP contribution is -2.33. The van der Waals surface area contributed by atoms with Crippen molar-refractivity contribution in [2.75, 3.05) is 13.2 Å². The molecule has 7 nitrogen and oxygen atoms in total. The SMILES string of the molecule is Cc1cc(C(=O)COC(=O)CCC(=O)c2ccccc2)c(C)n1CC1COc2ccccc2O1. The summed E-state index contributed by atoms with van der Waals surface area (Å²) < 4.78 is 19.0. The maximum absolute atomic E-state index is 12.7. The molecule has 3 aromatic rings. The van der Waals surface area contributed by atoms with E-state index in [1.807, 2.05) is 48.7 Å². The van der Waals surface area contributed by atoms with Crippen molar-refractivity contribution in [2.24, 2.45) is 0 Å². The van der Waals surface area contributed by atoms with Crippen molar-refractivity contribution in [2.45, 2.75) is 39.3 Å². The van der Waals surface area contributed by atoms with Crippen molar-refractivity contribution in [3.63, 3.8) is 0 Å². The van der Waals surface area contributed by atoms with Crippen molar-refractivity contribution < 1.29 is 28.6 Å². The Kier molecular flexibility index (Phi) is 7.11. The van der Waals surface area contributed by atoms with Gasteiger partial charge in [0.1, 0.15) is 6.61 Å². The van der Waals surface area contributed by atoms with E-state index in [0.717, 1.165) is 17.1 Å². The van der Waals surface area contributed by atoms with Crippen molar-refractivity contribution in [1.29, 1.82) is 0 Å². The third-order valence-electron chi connectivity index (χ3n) is 5.84. The fourth-order valence-corrected chi connectivity index (χ4v) is 4.00. The van der Waals surface area contributed by atoms with Crippen LogP contribution in [0.1, 0.15) is 44.9 Å². The van der Waals surface area contributed by atoms with Gasteiger partial charge >= 0.3 is 5.97 Å². The van der Waals surface area contributed by atoms with E-state index < -0.39 is 5.97 Å². The molecule has 0 N–H and O–H groups in total. The smallest absolute Gasteiger partial charge is 0.306 e. The lowest BCUT2D eigenvalue weighted by molar-refractivity contribution is -0.142. The second-order valence-corrected chi connectivity index (χ2v) is 8.27. The highest BCUT2D eigenvalue weighted by atomic mass is 16.6. The zero-order chi connectivity index (χ0) is 24.1. The van der Waals surface area contributed by atoms with Crippen LogP contribution in [0.2, 0.25) is 0 Å². The van der Waals surface area contributed by atoms with Crippen LogP contribution in [-0.4, -0.2) is 41.4 Å². The van der Waals surface area contributed by atoms with Gasteiger partial charge in [-0.2, -0.15) is 0 Å². The summed E-state index contributed by atoms with van der Waals surface area (Å²) in [5, 5.41) is 0. The summed E-state index contributed by atoms with van der Waals surface area (Å²) in [5.74, 6) is 0.438. The van der Waals surface area contributed by atoms with E-state index in [0.29, 0.717) is 30.0 Å². The average Bonchev–Trinajstić information content (AvgIpc) is 3.14. The van der Waals surface area contributed by atoms with Crippen LogP contribution in [0.25, 0.3) is 0 Å². The van der Waals surface area contributed by atoms with Gasteiger partial charge in [-0.3, -0.25) is 14.4 Å². The predicted octanol–water partition coefficient (Wildman–Crippen LogP) is 4.33. The van der Waals surface area contributed by atoms with E-state index in [-0.39, 0.29) is 37.1 Å². The van der Waals surface area contributed by atoms with E-state index in [2.05, 4.69) is 0 Å². The van der Waals surface area contributed by atoms with Crippen LogP contribution in [-0.2, 0) is 16.1 Å². The molecule has 0 saturated carbocycles. The molecule has 1 aromatic heterocycles. The summed E-state index contributed by atoms with van der Waals surface area (Å²) in [6.45, 7) is 4.36. The zero-order valence-corrected chi connectivity index (χ0v) is 19.3. The molecular formula is C27H27NO6. The number of hydrogen-bond acceptors (Lipinski definition) is 6. The Morgan fingerprint density at radius 2 is 1.65 bits per heavy atom. The third-order valence-corrected chi connectivity index (χ3v) is 5.84. The first kappa shape index (κ1) is 23.3. The number of carbonyl (C=O) groups excluding carboxylic acids is 3. The molecule has 2 heterocycles. The molecule has 7 heteroatoms. The molecule has 0 amide bonds. The van der Waals surface area contributed by atoms with Gasteiger partial charge < -0.3 is 18.8 Å². The van der Waals surface area contributed by atoms with Crippen LogP contribution < -0.4 is 9.47 Å². The Morgan fingerprint density at radius 1 is 0.941 bits per heavy atom. The highest BCUT2D eigenvalue weighted by Gasteiger charge is 2.24. The summed E-state index contributed by atoms with van der Waals surface area (Å²) in [7, 11) is 0. The van der Waals surface area contributed by atoms with E-state index in [4.69, 9.17) is 14.2 Å². The van der Waals surface area contributed by atoms with Gasteiger partial charge in [-0.1, -0.05) is 42.5 Å². The van der Waals surface area contributed by atoms with E-state index in [1.54, 1.807) is 30.3 Å². The molecular weight excluding hydrogens is 434 g/mol. The lowest BCUT2D eigenvalue weighted by Gasteiger charge is -2.27. The van der Waals surface area contributed by atoms with Gasteiger partial charge in [-0.25, -0.2) is 0 Å². The molecule has 4 rings (SSSR count). The van der Waals surface area contributed by atoms with Gasteiger partial charge in [0.05, 0.1) is 13.0 Å². The topological polar surface area (TPSA) is 83.8 Å². The minimum Gasteiger partial charge on any atom is -0.486 e. The van der Waals surface area contributed by atoms with Crippen LogP contribution in [0, 0.1) is 13.8 Å². The Bertz CT molecular complexity index is 1200. The summed E-state index contributed by atoms with van der Waals surface area (Å²) >= 11 is 0. The highest BCUT2D eigenvalue weighted by molar-refractivity contribution is 6.00. The quantitative estimate of drug-likeness (QED) is 0.348. The minimum atomic E-state index is -0.571. The summed E-state index contributed by atoms with van der Waals surface area (Å²) in [6.07, 6.45) is -0.221. The van der Waals surface area contributed by atoms with Crippen LogP contribution in [0.3, 0.4) is 0 Å². The monoisotopic (exact) mass is 461 g/mol. The standard InChI is InChI=1S/C27H27NO6/c1-18-14-22(19(2)28(18)15-21-16-32-25-10-6-7-11-26(25)34-21)24(30)17-33-27(31)13-12-23(29)20-8-4-3-5-9-20/h3-11,14,21H,12-13,15-17H2,1-2H3. The first-order chi connectivity index (χ1) is 16.4. The Balaban J connectivity index is 1.30. The molecule has 0 fully saturated rings. The number of ketones is 2. The summed E-state index contributed by atoms with van der Waals surface area (Å²) in [5.41, 5.74) is 2.74. The number of ether oxygens (including phenoxy) is 3. The number of hydrogen-bond donors (Lipinski definition) is 0. The van der Waals surface area contributed by atoms with E-state index in [9.17, 15) is 14.4 Å². The van der Waals surface area contributed by atoms with Crippen LogP contribution in [0.15, 0.2) is 60.7 Å². The molecule has 1 atom stereocenters. The van der Waals surface area contributed by atoms with Gasteiger partial charge in [0, 0.05) is 28.9 Å². The lowest BCUT2D eigenvalue weighted by atomic mass is 10.1. The molecule has 176 valence electrons. The zero-order valence-electron chi connectivity index (χ0n) is 19.3. The van der Waals surface area contributed by atoms with E-state index >= 15 is 0 Å². The Labute approximate surface area is 198 Å². The molecule has 2 aromatic carbocycles. The first-order valence-corrected chi connectivity index (χ1v) is 11.2. The van der Waals surface area contributed by atoms with Crippen LogP contribution in [0.5, 0.6) is 11.5 Å². The average molecular weight is 462 g/mol. The minimum absolute atomic E-state index is 0.0398. The summed E-state index contributed by atoms with van der Waals surface area (Å²) in [6, 6.07) is 18.1. The van der Waals surface area contributed by atoms with Gasteiger partial charge in [-0.05, 0) is 32.0 Å². The van der Waals surface area contributed by atoms with Crippen molar-refractivity contribution in [3.05, 3.63) is 83.2 Å². The molecule has 1 aliphatic rings. The molecule has 34 heavy (non-hydrogen) atoms. The van der Waals surface area contributed by atoms with Gasteiger partial charge in [0.25, 0.3) is 0 Å². The number of para-hydroxylation sites is 2. The number of benzene rings is 2. The summed E-state index contributed by atoms with van der Waals surface area (Å²) in [4.78, 5) is 36.9. The van der Waals surface area contributed by atoms with E-state index in [1.165, 1.54) is 0 Å². The normalized spacial score (nSPS) is 14.5. The number of esters is 1. The van der Waals surface area contributed by atoms with Gasteiger partial charge in [-0.15, -0.1) is 0 Å². The van der Waals surface area contributed by atoms with Crippen LogP contribution in [0.4, 0.5) is 0 Å². The fraction of sp³-hybridized carbons (Fsp3) is 0.296. The number of aryl methyl sites for hydroxylation is 1. The van der Waals surface area contributed by atoms with Crippen molar-refractivity contribution in [3.8, 4) is 11.5 Å². The van der Waals surface area contributed by atoms with Gasteiger partial charge in [0.2, 0.25) is 5.78 Å². The van der Waals surface area contributed by atoms with Crippen molar-refractivity contribution >= 4 is 17.5 Å². The molecule has 0 bridgehead atoms. The molecule has 0 spiro atoms. The van der Waals surface area contributed by atoms with Crippen LogP contribution >= 0.6 is 0 Å². The number of rotatable bonds is 9. The number of nitrogens with zero attached hydrogens (tertiary/aromatic N) is 1. The number of carbonyl (C=O) groups is 3. The third kappa shape index (κ3) is 5.36. The molecule has 0 radical (unpaired) electrons. The molecule has 1 unspecified atom stereocenters. The Morgan fingerprint density at radius 3 is 2.41 bits per heavy atom.